The molecule has 0 aromatic carbocycles. The second-order valence-corrected chi connectivity index (χ2v) is 10.2. The van der Waals surface area contributed by atoms with Gasteiger partial charge < -0.3 is 9.88 Å². The zero-order valence-electron chi connectivity index (χ0n) is 16.8. The average molecular weight is 320 g/mol. The van der Waals surface area contributed by atoms with Crippen molar-refractivity contribution in [1.82, 2.24) is 14.9 Å². The van der Waals surface area contributed by atoms with E-state index in [1.54, 1.807) is 0 Å². The minimum Gasteiger partial charge on any atom is -0.326 e. The molecule has 0 radical (unpaired) electrons. The van der Waals surface area contributed by atoms with Gasteiger partial charge in [-0.25, -0.2) is 4.98 Å². The molecule has 2 rings (SSSR count). The summed E-state index contributed by atoms with van der Waals surface area (Å²) in [6.07, 6.45) is 2.39. The van der Waals surface area contributed by atoms with Crippen LogP contribution in [-0.2, 0) is 16.4 Å². The van der Waals surface area contributed by atoms with Gasteiger partial charge in [0.25, 0.3) is 0 Å². The van der Waals surface area contributed by atoms with E-state index in [-0.39, 0.29) is 16.4 Å². The van der Waals surface area contributed by atoms with E-state index >= 15 is 0 Å². The molecule has 1 aromatic heterocycles. The van der Waals surface area contributed by atoms with Crippen LogP contribution >= 0.6 is 0 Å². The minimum absolute atomic E-state index is 0.0549. The van der Waals surface area contributed by atoms with Crippen LogP contribution in [0.5, 0.6) is 0 Å². The molecule has 1 aliphatic rings. The molecule has 0 aliphatic carbocycles. The number of imidazole rings is 1. The zero-order valence-corrected chi connectivity index (χ0v) is 16.8. The summed E-state index contributed by atoms with van der Waals surface area (Å²) in [6.45, 7) is 23.0. The first-order chi connectivity index (χ1) is 10.3. The molecule has 1 N–H and O–H groups in total. The highest BCUT2D eigenvalue weighted by Gasteiger charge is 2.37. The Hall–Kier alpha value is -0.830. The highest BCUT2D eigenvalue weighted by atomic mass is 15.2. The van der Waals surface area contributed by atoms with Crippen LogP contribution in [0.25, 0.3) is 0 Å². The van der Waals surface area contributed by atoms with Crippen molar-refractivity contribution in [3.63, 3.8) is 0 Å². The van der Waals surface area contributed by atoms with E-state index in [0.29, 0.717) is 5.92 Å². The molecule has 3 heteroatoms. The number of hydrogen-bond donors (Lipinski definition) is 1. The Kier molecular flexibility index (Phi) is 4.76. The first kappa shape index (κ1) is 18.5. The van der Waals surface area contributed by atoms with Crippen molar-refractivity contribution < 1.29 is 0 Å². The zero-order chi connectivity index (χ0) is 17.6. The minimum atomic E-state index is 0.0549. The fraction of sp³-hybridized carbons (Fsp3) is 0.850. The van der Waals surface area contributed by atoms with Crippen molar-refractivity contribution in [2.75, 3.05) is 13.1 Å². The molecule has 1 saturated heterocycles. The quantitative estimate of drug-likeness (QED) is 0.813. The Balaban J connectivity index is 2.73. The van der Waals surface area contributed by atoms with Crippen molar-refractivity contribution in [2.45, 2.75) is 97.4 Å². The van der Waals surface area contributed by atoms with Crippen molar-refractivity contribution in [3.8, 4) is 0 Å². The molecule has 1 fully saturated rings. The van der Waals surface area contributed by atoms with Gasteiger partial charge in [-0.1, -0.05) is 41.5 Å². The Morgan fingerprint density at radius 2 is 1.39 bits per heavy atom. The predicted molar refractivity (Wildman–Crippen MR) is 99.5 cm³/mol. The van der Waals surface area contributed by atoms with E-state index in [0.717, 1.165) is 13.1 Å². The van der Waals surface area contributed by atoms with E-state index in [2.05, 4.69) is 72.2 Å². The van der Waals surface area contributed by atoms with E-state index in [1.165, 1.54) is 30.1 Å². The van der Waals surface area contributed by atoms with Gasteiger partial charge in [-0.2, -0.15) is 0 Å². The van der Waals surface area contributed by atoms with Gasteiger partial charge in [0.2, 0.25) is 0 Å². The largest absolute Gasteiger partial charge is 0.326 e. The highest BCUT2D eigenvalue weighted by Crippen LogP contribution is 2.40. The van der Waals surface area contributed by atoms with Gasteiger partial charge in [0.1, 0.15) is 5.82 Å². The summed E-state index contributed by atoms with van der Waals surface area (Å²) < 4.78 is 2.57. The molecule has 2 heterocycles. The Morgan fingerprint density at radius 3 is 1.78 bits per heavy atom. The molecule has 0 atom stereocenters. The van der Waals surface area contributed by atoms with Crippen molar-refractivity contribution in [3.05, 3.63) is 17.2 Å². The van der Waals surface area contributed by atoms with E-state index in [9.17, 15) is 0 Å². The Morgan fingerprint density at radius 1 is 0.870 bits per heavy atom. The summed E-state index contributed by atoms with van der Waals surface area (Å²) in [6, 6.07) is 0. The molecule has 0 bridgehead atoms. The lowest BCUT2D eigenvalue weighted by molar-refractivity contribution is 0.324. The maximum atomic E-state index is 5.27. The second kappa shape index (κ2) is 5.91. The molecule has 0 saturated carbocycles. The van der Waals surface area contributed by atoms with Gasteiger partial charge in [-0.05, 0) is 46.7 Å². The molecule has 0 spiro atoms. The highest BCUT2D eigenvalue weighted by molar-refractivity contribution is 5.32. The molecule has 132 valence electrons. The molecule has 0 amide bonds. The lowest BCUT2D eigenvalue weighted by Gasteiger charge is -2.35. The SMILES string of the molecule is CC(C)(C)c1nc(C2CCNCC2)n(C(C)(C)C)c1C(C)(C)C. The van der Waals surface area contributed by atoms with Crippen LogP contribution in [-0.4, -0.2) is 22.6 Å². The summed E-state index contributed by atoms with van der Waals surface area (Å²) in [5.74, 6) is 1.89. The fourth-order valence-corrected chi connectivity index (χ4v) is 3.68. The van der Waals surface area contributed by atoms with Gasteiger partial charge in [0, 0.05) is 28.0 Å². The predicted octanol–water partition coefficient (Wildman–Crippen LogP) is 4.70. The van der Waals surface area contributed by atoms with E-state index in [4.69, 9.17) is 4.98 Å². The molecule has 3 nitrogen and oxygen atoms in total. The first-order valence-corrected chi connectivity index (χ1v) is 9.18. The number of nitrogens with zero attached hydrogens (tertiary/aromatic N) is 2. The third kappa shape index (κ3) is 3.81. The molecular formula is C20H37N3. The van der Waals surface area contributed by atoms with Crippen LogP contribution in [0.1, 0.15) is 98.3 Å². The summed E-state index contributed by atoms with van der Waals surface area (Å²) in [5, 5.41) is 3.49. The summed E-state index contributed by atoms with van der Waals surface area (Å²) in [7, 11) is 0. The number of nitrogens with one attached hydrogen (secondary N) is 1. The van der Waals surface area contributed by atoms with Gasteiger partial charge in [-0.3, -0.25) is 0 Å². The Labute approximate surface area is 143 Å². The van der Waals surface area contributed by atoms with Gasteiger partial charge in [0.15, 0.2) is 0 Å². The van der Waals surface area contributed by atoms with Crippen LogP contribution < -0.4 is 5.32 Å². The molecule has 23 heavy (non-hydrogen) atoms. The molecular weight excluding hydrogens is 282 g/mol. The van der Waals surface area contributed by atoms with Gasteiger partial charge >= 0.3 is 0 Å². The van der Waals surface area contributed by atoms with Crippen molar-refractivity contribution in [1.29, 1.82) is 0 Å². The number of rotatable bonds is 1. The first-order valence-electron chi connectivity index (χ1n) is 9.18. The van der Waals surface area contributed by atoms with E-state index in [1.807, 2.05) is 0 Å². The molecule has 1 aliphatic heterocycles. The normalized spacial score (nSPS) is 18.5. The third-order valence-electron chi connectivity index (χ3n) is 4.70. The number of piperidine rings is 1. The average Bonchev–Trinajstić information content (AvgIpc) is 2.79. The third-order valence-corrected chi connectivity index (χ3v) is 4.70. The van der Waals surface area contributed by atoms with Crippen LogP contribution in [0.2, 0.25) is 0 Å². The lowest BCUT2D eigenvalue weighted by Crippen LogP contribution is -2.34. The van der Waals surface area contributed by atoms with Crippen molar-refractivity contribution in [2.24, 2.45) is 0 Å². The molecule has 0 unspecified atom stereocenters. The van der Waals surface area contributed by atoms with Crippen LogP contribution in [0.15, 0.2) is 0 Å². The van der Waals surface area contributed by atoms with Gasteiger partial charge in [-0.15, -0.1) is 0 Å². The second-order valence-electron chi connectivity index (χ2n) is 10.2. The van der Waals surface area contributed by atoms with E-state index < -0.39 is 0 Å². The summed E-state index contributed by atoms with van der Waals surface area (Å²) in [5.41, 5.74) is 2.92. The number of hydrogen-bond acceptors (Lipinski definition) is 2. The summed E-state index contributed by atoms with van der Waals surface area (Å²) in [4.78, 5) is 5.27. The maximum Gasteiger partial charge on any atom is 0.112 e. The van der Waals surface area contributed by atoms with Crippen molar-refractivity contribution >= 4 is 0 Å². The van der Waals surface area contributed by atoms with Crippen LogP contribution in [0, 0.1) is 0 Å². The fourth-order valence-electron chi connectivity index (χ4n) is 3.68. The van der Waals surface area contributed by atoms with Gasteiger partial charge in [0.05, 0.1) is 5.69 Å². The smallest absolute Gasteiger partial charge is 0.112 e. The topological polar surface area (TPSA) is 29.9 Å². The standard InChI is InChI=1S/C20H37N3/c1-18(2,3)15-16(19(4,5)6)23(20(7,8)9)17(22-15)14-10-12-21-13-11-14/h14,21H,10-13H2,1-9H3. The van der Waals surface area contributed by atoms with Crippen LogP contribution in [0.3, 0.4) is 0 Å². The monoisotopic (exact) mass is 319 g/mol. The lowest BCUT2D eigenvalue weighted by atomic mass is 9.81. The maximum absolute atomic E-state index is 5.27. The number of aromatic nitrogens is 2. The Bertz CT molecular complexity index is 541. The van der Waals surface area contributed by atoms with Crippen LogP contribution in [0.4, 0.5) is 0 Å². The summed E-state index contributed by atoms with van der Waals surface area (Å²) >= 11 is 0. The molecule has 1 aromatic rings.